The number of hydrogen-bond donors (Lipinski definition) is 2. The second kappa shape index (κ2) is 6.30. The summed E-state index contributed by atoms with van der Waals surface area (Å²) in [5, 5.41) is 5.04. The van der Waals surface area contributed by atoms with Crippen LogP contribution < -0.4 is 9.86 Å². The van der Waals surface area contributed by atoms with Gasteiger partial charge in [-0.15, -0.1) is 0 Å². The normalized spacial score (nSPS) is 18.1. The highest BCUT2D eigenvalue weighted by atomic mass is 32.2. The second-order valence-corrected chi connectivity index (χ2v) is 8.23. The predicted molar refractivity (Wildman–Crippen MR) is 80.4 cm³/mol. The van der Waals surface area contributed by atoms with Crippen LogP contribution in [0.25, 0.3) is 0 Å². The fourth-order valence-electron chi connectivity index (χ4n) is 2.23. The Hall–Kier alpha value is -1.16. The zero-order valence-corrected chi connectivity index (χ0v) is 13.2. The lowest BCUT2D eigenvalue weighted by Gasteiger charge is -2.20. The molecule has 2 rings (SSSR count). The molecule has 118 valence electrons. The van der Waals surface area contributed by atoms with Gasteiger partial charge in [-0.3, -0.25) is 4.72 Å². The molecule has 7 nitrogen and oxygen atoms in total. The van der Waals surface area contributed by atoms with Crippen molar-refractivity contribution in [3.8, 4) is 0 Å². The number of nitrogens with one attached hydrogen (secondary N) is 1. The van der Waals surface area contributed by atoms with Crippen molar-refractivity contribution in [2.45, 2.75) is 30.6 Å². The summed E-state index contributed by atoms with van der Waals surface area (Å²) in [5.41, 5.74) is 0.186. The fraction of sp³-hybridized carbons (Fsp3) is 0.500. The van der Waals surface area contributed by atoms with E-state index in [0.717, 1.165) is 25.7 Å². The van der Waals surface area contributed by atoms with Gasteiger partial charge in [-0.2, -0.15) is 12.7 Å². The van der Waals surface area contributed by atoms with Gasteiger partial charge in [0.25, 0.3) is 0 Å². The summed E-state index contributed by atoms with van der Waals surface area (Å²) in [4.78, 5) is -0.126. The number of benzene rings is 1. The smallest absolute Gasteiger partial charge is 0.271 e. The Morgan fingerprint density at radius 2 is 1.62 bits per heavy atom. The molecular formula is C12H19N3O4S2. The third-order valence-electron chi connectivity index (χ3n) is 3.31. The highest BCUT2D eigenvalue weighted by molar-refractivity contribution is 7.90. The molecule has 1 aromatic carbocycles. The minimum absolute atomic E-state index is 0.126. The van der Waals surface area contributed by atoms with Crippen molar-refractivity contribution in [3.63, 3.8) is 0 Å². The molecule has 0 amide bonds. The van der Waals surface area contributed by atoms with Crippen molar-refractivity contribution in [3.05, 3.63) is 24.3 Å². The summed E-state index contributed by atoms with van der Waals surface area (Å²) in [6.07, 6.45) is 3.70. The number of nitrogens with two attached hydrogens (primary N) is 1. The topological polar surface area (TPSA) is 110 Å². The quantitative estimate of drug-likeness (QED) is 0.851. The second-order valence-electron chi connectivity index (χ2n) is 4.99. The fourth-order valence-corrected chi connectivity index (χ4v) is 4.08. The highest BCUT2D eigenvalue weighted by Crippen LogP contribution is 2.19. The highest BCUT2D eigenvalue weighted by Gasteiger charge is 2.23. The minimum Gasteiger partial charge on any atom is -0.271 e. The first-order valence-corrected chi connectivity index (χ1v) is 9.68. The summed E-state index contributed by atoms with van der Waals surface area (Å²) in [6.45, 7) is 0.953. The van der Waals surface area contributed by atoms with E-state index in [2.05, 4.69) is 4.72 Å². The van der Waals surface area contributed by atoms with Crippen LogP contribution in [-0.4, -0.2) is 34.2 Å². The minimum atomic E-state index is -3.86. The lowest BCUT2D eigenvalue weighted by Crippen LogP contribution is -2.36. The zero-order chi connectivity index (χ0) is 15.5. The molecule has 0 bridgehead atoms. The van der Waals surface area contributed by atoms with E-state index in [-0.39, 0.29) is 10.6 Å². The van der Waals surface area contributed by atoms with Crippen LogP contribution in [0, 0.1) is 0 Å². The van der Waals surface area contributed by atoms with Gasteiger partial charge in [-0.25, -0.2) is 13.6 Å². The van der Waals surface area contributed by atoms with Crippen molar-refractivity contribution in [2.75, 3.05) is 17.8 Å². The Kier molecular flexibility index (Phi) is 4.87. The third kappa shape index (κ3) is 4.40. The molecule has 21 heavy (non-hydrogen) atoms. The van der Waals surface area contributed by atoms with Gasteiger partial charge in [0.15, 0.2) is 0 Å². The van der Waals surface area contributed by atoms with E-state index in [1.165, 1.54) is 28.6 Å². The number of nitrogens with zero attached hydrogens (tertiary/aromatic N) is 1. The number of anilines is 1. The molecule has 0 saturated carbocycles. The first kappa shape index (κ1) is 16.2. The maximum Gasteiger partial charge on any atom is 0.301 e. The number of sulfonamides is 1. The van der Waals surface area contributed by atoms with Crippen LogP contribution in [0.1, 0.15) is 25.7 Å². The Morgan fingerprint density at radius 3 is 2.19 bits per heavy atom. The van der Waals surface area contributed by atoms with E-state index in [0.29, 0.717) is 13.1 Å². The average molecular weight is 333 g/mol. The Bertz CT molecular complexity index is 693. The molecule has 0 radical (unpaired) electrons. The molecule has 1 aliphatic rings. The van der Waals surface area contributed by atoms with Crippen molar-refractivity contribution < 1.29 is 16.8 Å². The van der Waals surface area contributed by atoms with Gasteiger partial charge in [0, 0.05) is 13.1 Å². The van der Waals surface area contributed by atoms with E-state index in [1.807, 2.05) is 0 Å². The number of hydrogen-bond acceptors (Lipinski definition) is 4. The number of primary sulfonamides is 1. The zero-order valence-electron chi connectivity index (χ0n) is 11.5. The van der Waals surface area contributed by atoms with Gasteiger partial charge in [0.2, 0.25) is 10.0 Å². The van der Waals surface area contributed by atoms with E-state index in [4.69, 9.17) is 5.14 Å². The van der Waals surface area contributed by atoms with Gasteiger partial charge >= 0.3 is 10.2 Å². The van der Waals surface area contributed by atoms with Gasteiger partial charge < -0.3 is 0 Å². The van der Waals surface area contributed by atoms with Crippen LogP contribution in [0.4, 0.5) is 5.69 Å². The summed E-state index contributed by atoms with van der Waals surface area (Å²) in [5.74, 6) is 0. The lowest BCUT2D eigenvalue weighted by atomic mass is 10.2. The summed E-state index contributed by atoms with van der Waals surface area (Å²) in [7, 11) is -7.53. The Balaban J connectivity index is 2.20. The molecule has 1 aliphatic heterocycles. The monoisotopic (exact) mass is 333 g/mol. The maximum absolute atomic E-state index is 12.3. The third-order valence-corrected chi connectivity index (χ3v) is 5.76. The molecular weight excluding hydrogens is 314 g/mol. The van der Waals surface area contributed by atoms with Crippen molar-refractivity contribution in [2.24, 2.45) is 5.14 Å². The van der Waals surface area contributed by atoms with Gasteiger partial charge in [-0.05, 0) is 31.0 Å². The Morgan fingerprint density at radius 1 is 1.00 bits per heavy atom. The van der Waals surface area contributed by atoms with Crippen LogP contribution in [0.15, 0.2) is 29.2 Å². The average Bonchev–Trinajstić information content (AvgIpc) is 2.67. The molecule has 1 heterocycles. The predicted octanol–water partition coefficient (Wildman–Crippen LogP) is 0.867. The van der Waals surface area contributed by atoms with Gasteiger partial charge in [-0.1, -0.05) is 18.9 Å². The molecule has 1 aromatic rings. The standard InChI is InChI=1S/C12H19N3O4S2/c13-20(16,17)12-7-5-6-11(10-12)14-21(18,19)15-8-3-1-2-4-9-15/h5-7,10,14H,1-4,8-9H2,(H2,13,16,17). The van der Waals surface area contributed by atoms with Crippen LogP contribution in [0.5, 0.6) is 0 Å². The summed E-state index contributed by atoms with van der Waals surface area (Å²) < 4.78 is 51.0. The molecule has 0 unspecified atom stereocenters. The van der Waals surface area contributed by atoms with E-state index >= 15 is 0 Å². The molecule has 1 saturated heterocycles. The SMILES string of the molecule is NS(=O)(=O)c1cccc(NS(=O)(=O)N2CCCCCC2)c1. The Labute approximate surface area is 125 Å². The van der Waals surface area contributed by atoms with Crippen LogP contribution in [0.3, 0.4) is 0 Å². The number of rotatable bonds is 4. The van der Waals surface area contributed by atoms with Crippen LogP contribution in [0.2, 0.25) is 0 Å². The molecule has 0 spiro atoms. The van der Waals surface area contributed by atoms with Crippen LogP contribution in [-0.2, 0) is 20.2 Å². The largest absolute Gasteiger partial charge is 0.301 e. The van der Waals surface area contributed by atoms with E-state index in [9.17, 15) is 16.8 Å². The summed E-state index contributed by atoms with van der Waals surface area (Å²) >= 11 is 0. The van der Waals surface area contributed by atoms with Gasteiger partial charge in [0.05, 0.1) is 10.6 Å². The molecule has 1 fully saturated rings. The lowest BCUT2D eigenvalue weighted by molar-refractivity contribution is 0.427. The van der Waals surface area contributed by atoms with Crippen LogP contribution >= 0.6 is 0 Å². The molecule has 9 heteroatoms. The molecule has 0 aromatic heterocycles. The van der Waals surface area contributed by atoms with E-state index < -0.39 is 20.2 Å². The van der Waals surface area contributed by atoms with Crippen molar-refractivity contribution in [1.29, 1.82) is 0 Å². The molecule has 0 atom stereocenters. The molecule has 3 N–H and O–H groups in total. The van der Waals surface area contributed by atoms with Crippen molar-refractivity contribution >= 4 is 25.9 Å². The van der Waals surface area contributed by atoms with E-state index in [1.54, 1.807) is 0 Å². The van der Waals surface area contributed by atoms with Gasteiger partial charge in [0.1, 0.15) is 0 Å². The first-order chi connectivity index (χ1) is 9.79. The molecule has 0 aliphatic carbocycles. The summed E-state index contributed by atoms with van der Waals surface area (Å²) in [6, 6.07) is 5.47. The first-order valence-electron chi connectivity index (χ1n) is 6.70. The maximum atomic E-state index is 12.3. The van der Waals surface area contributed by atoms with Crippen molar-refractivity contribution in [1.82, 2.24) is 4.31 Å².